The number of carbonyl (C=O) groups excluding carboxylic acids is 1. The normalized spacial score (nSPS) is 10.0. The molecule has 0 saturated heterocycles. The molecule has 170 valence electrons. The average Bonchev–Trinajstić information content (AvgIpc) is 2.91. The standard InChI is InChI=1S/C31H22O4/c1-3-23-15-24(4-2)17-30(16-23)35-31(32)27-18-28(33-21-25-11-7-5-8-12-25)20-29(19-27)34-22-26-13-9-6-10-14-26/h1-2,5-20H,21-22H2. The molecule has 0 heterocycles. The highest BCUT2D eigenvalue weighted by atomic mass is 16.5. The first-order chi connectivity index (χ1) is 17.1. The molecule has 0 unspecified atom stereocenters. The molecule has 0 saturated carbocycles. The Bertz CT molecular complexity index is 1300. The third kappa shape index (κ3) is 6.54. The number of rotatable bonds is 8. The van der Waals surface area contributed by atoms with Crippen molar-refractivity contribution in [3.8, 4) is 41.9 Å². The molecule has 0 fully saturated rings. The third-order valence-corrected chi connectivity index (χ3v) is 5.06. The summed E-state index contributed by atoms with van der Waals surface area (Å²) < 4.78 is 17.5. The van der Waals surface area contributed by atoms with E-state index in [2.05, 4.69) is 11.8 Å². The molecule has 4 nitrogen and oxygen atoms in total. The second-order valence-corrected chi connectivity index (χ2v) is 7.67. The molecule has 4 aromatic carbocycles. The number of hydrogen-bond acceptors (Lipinski definition) is 4. The smallest absolute Gasteiger partial charge is 0.343 e. The lowest BCUT2D eigenvalue weighted by atomic mass is 10.1. The van der Waals surface area contributed by atoms with Gasteiger partial charge in [0.2, 0.25) is 0 Å². The first-order valence-electron chi connectivity index (χ1n) is 10.9. The second kappa shape index (κ2) is 11.3. The van der Waals surface area contributed by atoms with E-state index in [0.717, 1.165) is 11.1 Å². The van der Waals surface area contributed by atoms with E-state index in [1.165, 1.54) is 0 Å². The van der Waals surface area contributed by atoms with Gasteiger partial charge in [0.25, 0.3) is 0 Å². The minimum absolute atomic E-state index is 0.265. The number of carbonyl (C=O) groups is 1. The van der Waals surface area contributed by atoms with Crippen molar-refractivity contribution >= 4 is 5.97 Å². The number of benzene rings is 4. The lowest BCUT2D eigenvalue weighted by molar-refractivity contribution is 0.0733. The molecule has 35 heavy (non-hydrogen) atoms. The molecule has 0 aliphatic carbocycles. The molecule has 0 atom stereocenters. The highest BCUT2D eigenvalue weighted by Crippen LogP contribution is 2.26. The van der Waals surface area contributed by atoms with Gasteiger partial charge in [-0.2, -0.15) is 0 Å². The van der Waals surface area contributed by atoms with E-state index in [0.29, 0.717) is 35.8 Å². The SMILES string of the molecule is C#Cc1cc(C#C)cc(OC(=O)c2cc(OCc3ccccc3)cc(OCc3ccccc3)c2)c1. The fraction of sp³-hybridized carbons (Fsp3) is 0.0645. The molecule has 0 aromatic heterocycles. The van der Waals surface area contributed by atoms with Crippen LogP contribution in [0, 0.1) is 24.7 Å². The molecule has 0 aliphatic heterocycles. The molecule has 4 heteroatoms. The lowest BCUT2D eigenvalue weighted by Crippen LogP contribution is -2.10. The minimum atomic E-state index is -0.586. The van der Waals surface area contributed by atoms with Crippen LogP contribution in [0.25, 0.3) is 0 Å². The van der Waals surface area contributed by atoms with Gasteiger partial charge in [-0.3, -0.25) is 0 Å². The van der Waals surface area contributed by atoms with Crippen LogP contribution in [-0.2, 0) is 13.2 Å². The molecule has 0 spiro atoms. The predicted octanol–water partition coefficient (Wildman–Crippen LogP) is 6.03. The van der Waals surface area contributed by atoms with Crippen LogP contribution in [0.1, 0.15) is 32.6 Å². The maximum absolute atomic E-state index is 13.0. The molecule has 0 amide bonds. The number of terminal acetylenes is 2. The minimum Gasteiger partial charge on any atom is -0.489 e. The van der Waals surface area contributed by atoms with Gasteiger partial charge in [-0.05, 0) is 41.5 Å². The van der Waals surface area contributed by atoms with E-state index >= 15 is 0 Å². The van der Waals surface area contributed by atoms with Crippen molar-refractivity contribution in [1.82, 2.24) is 0 Å². The van der Waals surface area contributed by atoms with Crippen LogP contribution in [0.15, 0.2) is 97.1 Å². The van der Waals surface area contributed by atoms with Crippen LogP contribution >= 0.6 is 0 Å². The Morgan fingerprint density at radius 2 is 1.11 bits per heavy atom. The number of hydrogen-bond donors (Lipinski definition) is 0. The van der Waals surface area contributed by atoms with Crippen molar-refractivity contribution in [2.45, 2.75) is 13.2 Å². The summed E-state index contributed by atoms with van der Waals surface area (Å²) in [5, 5.41) is 0. The Balaban J connectivity index is 1.58. The van der Waals surface area contributed by atoms with Gasteiger partial charge in [-0.25, -0.2) is 4.79 Å². The van der Waals surface area contributed by atoms with Gasteiger partial charge in [0.1, 0.15) is 30.5 Å². The monoisotopic (exact) mass is 458 g/mol. The van der Waals surface area contributed by atoms with Crippen molar-refractivity contribution in [1.29, 1.82) is 0 Å². The highest BCUT2D eigenvalue weighted by Gasteiger charge is 2.14. The van der Waals surface area contributed by atoms with Gasteiger partial charge in [0.05, 0.1) is 5.56 Å². The Morgan fingerprint density at radius 1 is 0.629 bits per heavy atom. The molecule has 0 bridgehead atoms. The van der Waals surface area contributed by atoms with E-state index in [1.807, 2.05) is 60.7 Å². The molecule has 0 aliphatic rings. The predicted molar refractivity (Wildman–Crippen MR) is 135 cm³/mol. The molecule has 0 radical (unpaired) electrons. The largest absolute Gasteiger partial charge is 0.489 e. The van der Waals surface area contributed by atoms with Crippen LogP contribution in [0.5, 0.6) is 17.2 Å². The third-order valence-electron chi connectivity index (χ3n) is 5.06. The lowest BCUT2D eigenvalue weighted by Gasteiger charge is -2.13. The first kappa shape index (κ1) is 23.2. The summed E-state index contributed by atoms with van der Waals surface area (Å²) in [4.78, 5) is 13.0. The molecule has 4 rings (SSSR count). The molecule has 4 aromatic rings. The van der Waals surface area contributed by atoms with E-state index in [-0.39, 0.29) is 11.3 Å². The zero-order valence-corrected chi connectivity index (χ0v) is 18.9. The zero-order valence-electron chi connectivity index (χ0n) is 18.9. The van der Waals surface area contributed by atoms with E-state index < -0.39 is 5.97 Å². The molecular formula is C31H22O4. The number of esters is 1. The fourth-order valence-corrected chi connectivity index (χ4v) is 3.33. The molecule has 0 N–H and O–H groups in total. The van der Waals surface area contributed by atoms with Crippen LogP contribution in [-0.4, -0.2) is 5.97 Å². The van der Waals surface area contributed by atoms with Gasteiger partial charge in [-0.15, -0.1) is 12.8 Å². The van der Waals surface area contributed by atoms with Crippen molar-refractivity contribution in [3.63, 3.8) is 0 Å². The van der Waals surface area contributed by atoms with Crippen LogP contribution in [0.3, 0.4) is 0 Å². The van der Waals surface area contributed by atoms with E-state index in [4.69, 9.17) is 27.1 Å². The van der Waals surface area contributed by atoms with Gasteiger partial charge >= 0.3 is 5.97 Å². The highest BCUT2D eigenvalue weighted by molar-refractivity contribution is 5.92. The Hall–Kier alpha value is -4.93. The Labute approximate surface area is 205 Å². The summed E-state index contributed by atoms with van der Waals surface area (Å²) in [5.74, 6) is 5.66. The maximum atomic E-state index is 13.0. The van der Waals surface area contributed by atoms with Crippen molar-refractivity contribution in [2.24, 2.45) is 0 Å². The van der Waals surface area contributed by atoms with Gasteiger partial charge in [0, 0.05) is 17.2 Å². The van der Waals surface area contributed by atoms with E-state index in [9.17, 15) is 4.79 Å². The number of ether oxygens (including phenoxy) is 3. The summed E-state index contributed by atoms with van der Waals surface area (Å²) in [6.07, 6.45) is 11.0. The Morgan fingerprint density at radius 3 is 1.57 bits per heavy atom. The summed E-state index contributed by atoms with van der Waals surface area (Å²) >= 11 is 0. The van der Waals surface area contributed by atoms with Crippen LogP contribution < -0.4 is 14.2 Å². The topological polar surface area (TPSA) is 44.8 Å². The van der Waals surface area contributed by atoms with Crippen molar-refractivity contribution in [3.05, 3.63) is 125 Å². The summed E-state index contributed by atoms with van der Waals surface area (Å²) in [7, 11) is 0. The maximum Gasteiger partial charge on any atom is 0.343 e. The quantitative estimate of drug-likeness (QED) is 0.184. The summed E-state index contributed by atoms with van der Waals surface area (Å²) in [6.45, 7) is 0.681. The second-order valence-electron chi connectivity index (χ2n) is 7.67. The summed E-state index contributed by atoms with van der Waals surface area (Å²) in [6, 6.07) is 29.3. The van der Waals surface area contributed by atoms with E-state index in [1.54, 1.807) is 36.4 Å². The van der Waals surface area contributed by atoms with Crippen molar-refractivity contribution < 1.29 is 19.0 Å². The fourth-order valence-electron chi connectivity index (χ4n) is 3.33. The first-order valence-corrected chi connectivity index (χ1v) is 10.9. The average molecular weight is 459 g/mol. The molecular weight excluding hydrogens is 436 g/mol. The van der Waals surface area contributed by atoms with Crippen molar-refractivity contribution in [2.75, 3.05) is 0 Å². The Kier molecular flexibility index (Phi) is 7.49. The van der Waals surface area contributed by atoms with Gasteiger partial charge in [-0.1, -0.05) is 72.5 Å². The van der Waals surface area contributed by atoms with Gasteiger partial charge in [0.15, 0.2) is 0 Å². The van der Waals surface area contributed by atoms with Gasteiger partial charge < -0.3 is 14.2 Å². The van der Waals surface area contributed by atoms with Crippen LogP contribution in [0.4, 0.5) is 0 Å². The summed E-state index contributed by atoms with van der Waals surface area (Å²) in [5.41, 5.74) is 3.32. The zero-order chi connectivity index (χ0) is 24.5. The van der Waals surface area contributed by atoms with Crippen LogP contribution in [0.2, 0.25) is 0 Å².